The molecule has 1 aromatic heterocycles. The van der Waals surface area contributed by atoms with Gasteiger partial charge in [-0.05, 0) is 55.0 Å². The van der Waals surface area contributed by atoms with Gasteiger partial charge in [-0.1, -0.05) is 24.3 Å². The molecule has 0 spiro atoms. The first-order chi connectivity index (χ1) is 14.9. The Kier molecular flexibility index (Phi) is 5.41. The first-order valence-corrected chi connectivity index (χ1v) is 9.90. The molecule has 156 valence electrons. The minimum Gasteiger partial charge on any atom is -0.397 e. The Labute approximate surface area is 179 Å². The number of nitrogen functional groups attached to an aromatic ring is 1. The maximum absolute atomic E-state index is 12.5. The third kappa shape index (κ3) is 4.40. The van der Waals surface area contributed by atoms with Crippen molar-refractivity contribution in [2.75, 3.05) is 16.4 Å². The Morgan fingerprint density at radius 2 is 1.74 bits per heavy atom. The number of amides is 2. The fourth-order valence-corrected chi connectivity index (χ4v) is 3.48. The van der Waals surface area contributed by atoms with Gasteiger partial charge in [0.2, 0.25) is 5.91 Å². The van der Waals surface area contributed by atoms with Crippen molar-refractivity contribution in [1.29, 1.82) is 0 Å². The summed E-state index contributed by atoms with van der Waals surface area (Å²) in [6.45, 7) is 3.98. The quantitative estimate of drug-likeness (QED) is 0.427. The first-order valence-electron chi connectivity index (χ1n) is 9.90. The third-order valence-electron chi connectivity index (χ3n) is 5.01. The SMILES string of the molecule is CC(=O)Nc1ccc2c(C)nn(Cc3ccc(C(=O)Nc4ccccc4N)cc3)c2c1. The van der Waals surface area contributed by atoms with Crippen molar-refractivity contribution < 1.29 is 9.59 Å². The number of hydrogen-bond acceptors (Lipinski definition) is 4. The van der Waals surface area contributed by atoms with Crippen LogP contribution in [0, 0.1) is 6.92 Å². The molecule has 7 heteroatoms. The summed E-state index contributed by atoms with van der Waals surface area (Å²) in [5.41, 5.74) is 11.1. The van der Waals surface area contributed by atoms with E-state index in [-0.39, 0.29) is 11.8 Å². The number of rotatable bonds is 5. The standard InChI is InChI=1S/C24H23N5O2/c1-15-20-12-11-19(26-16(2)30)13-23(20)29(28-15)14-17-7-9-18(10-8-17)24(31)27-22-6-4-3-5-21(22)25/h3-13H,14,25H2,1-2H3,(H,26,30)(H,27,31). The average Bonchev–Trinajstić information content (AvgIpc) is 3.04. The summed E-state index contributed by atoms with van der Waals surface area (Å²) in [7, 11) is 0. The fraction of sp³-hybridized carbons (Fsp3) is 0.125. The van der Waals surface area contributed by atoms with Crippen LogP contribution in [0.15, 0.2) is 66.7 Å². The zero-order chi connectivity index (χ0) is 22.0. The lowest BCUT2D eigenvalue weighted by Gasteiger charge is -2.09. The number of aryl methyl sites for hydroxylation is 1. The number of para-hydroxylation sites is 2. The van der Waals surface area contributed by atoms with E-state index in [4.69, 9.17) is 5.73 Å². The monoisotopic (exact) mass is 413 g/mol. The van der Waals surface area contributed by atoms with Gasteiger partial charge in [-0.3, -0.25) is 14.3 Å². The fourth-order valence-electron chi connectivity index (χ4n) is 3.48. The molecule has 4 rings (SSSR count). The van der Waals surface area contributed by atoms with E-state index in [0.717, 1.165) is 27.8 Å². The smallest absolute Gasteiger partial charge is 0.255 e. The molecule has 0 aliphatic carbocycles. The van der Waals surface area contributed by atoms with Crippen molar-refractivity contribution in [2.45, 2.75) is 20.4 Å². The van der Waals surface area contributed by atoms with Crippen LogP contribution in [0.5, 0.6) is 0 Å². The van der Waals surface area contributed by atoms with E-state index in [0.29, 0.717) is 23.5 Å². The Bertz CT molecular complexity index is 1280. The summed E-state index contributed by atoms with van der Waals surface area (Å²) in [5, 5.41) is 11.3. The van der Waals surface area contributed by atoms with Gasteiger partial charge < -0.3 is 16.4 Å². The van der Waals surface area contributed by atoms with Gasteiger partial charge in [0.05, 0.1) is 29.1 Å². The Morgan fingerprint density at radius 3 is 2.45 bits per heavy atom. The summed E-state index contributed by atoms with van der Waals surface area (Å²) in [4.78, 5) is 23.9. The molecule has 7 nitrogen and oxygen atoms in total. The number of carbonyl (C=O) groups excluding carboxylic acids is 2. The molecule has 0 aliphatic heterocycles. The average molecular weight is 413 g/mol. The number of nitrogens with zero attached hydrogens (tertiary/aromatic N) is 2. The molecule has 0 aliphatic rings. The molecule has 4 aromatic rings. The van der Waals surface area contributed by atoms with Crippen LogP contribution in [-0.4, -0.2) is 21.6 Å². The van der Waals surface area contributed by atoms with E-state index in [9.17, 15) is 9.59 Å². The van der Waals surface area contributed by atoms with E-state index < -0.39 is 0 Å². The summed E-state index contributed by atoms with van der Waals surface area (Å²) >= 11 is 0. The van der Waals surface area contributed by atoms with Gasteiger partial charge in [-0.2, -0.15) is 5.10 Å². The summed E-state index contributed by atoms with van der Waals surface area (Å²) in [6, 6.07) is 20.3. The van der Waals surface area contributed by atoms with Gasteiger partial charge in [0.25, 0.3) is 5.91 Å². The lowest BCUT2D eigenvalue weighted by molar-refractivity contribution is -0.114. The molecular weight excluding hydrogens is 390 g/mol. The predicted octanol–water partition coefficient (Wildman–Crippen LogP) is 4.19. The largest absolute Gasteiger partial charge is 0.397 e. The van der Waals surface area contributed by atoms with Gasteiger partial charge in [-0.25, -0.2) is 0 Å². The zero-order valence-corrected chi connectivity index (χ0v) is 17.3. The van der Waals surface area contributed by atoms with Crippen LogP contribution >= 0.6 is 0 Å². The number of anilines is 3. The normalized spacial score (nSPS) is 10.8. The maximum Gasteiger partial charge on any atom is 0.255 e. The summed E-state index contributed by atoms with van der Waals surface area (Å²) < 4.78 is 1.90. The highest BCUT2D eigenvalue weighted by atomic mass is 16.2. The molecule has 0 saturated carbocycles. The van der Waals surface area contributed by atoms with E-state index in [1.54, 1.807) is 24.3 Å². The molecule has 31 heavy (non-hydrogen) atoms. The first kappa shape index (κ1) is 20.2. The second-order valence-corrected chi connectivity index (χ2v) is 7.39. The van der Waals surface area contributed by atoms with E-state index in [1.165, 1.54) is 6.92 Å². The molecule has 0 atom stereocenters. The van der Waals surface area contributed by atoms with Crippen molar-refractivity contribution in [2.24, 2.45) is 0 Å². The van der Waals surface area contributed by atoms with Crippen molar-refractivity contribution in [3.05, 3.63) is 83.6 Å². The second kappa shape index (κ2) is 8.31. The molecule has 4 N–H and O–H groups in total. The van der Waals surface area contributed by atoms with Gasteiger partial charge >= 0.3 is 0 Å². The van der Waals surface area contributed by atoms with Gasteiger partial charge in [0.1, 0.15) is 0 Å². The van der Waals surface area contributed by atoms with Gasteiger partial charge in [-0.15, -0.1) is 0 Å². The van der Waals surface area contributed by atoms with E-state index in [2.05, 4.69) is 15.7 Å². The minimum absolute atomic E-state index is 0.117. The number of aromatic nitrogens is 2. The topological polar surface area (TPSA) is 102 Å². The molecule has 0 radical (unpaired) electrons. The van der Waals surface area contributed by atoms with E-state index in [1.807, 2.05) is 54.1 Å². The van der Waals surface area contributed by atoms with Crippen LogP contribution in [0.25, 0.3) is 10.9 Å². The van der Waals surface area contributed by atoms with Crippen molar-refractivity contribution in [3.8, 4) is 0 Å². The number of nitrogens with one attached hydrogen (secondary N) is 2. The zero-order valence-electron chi connectivity index (χ0n) is 17.3. The van der Waals surface area contributed by atoms with Crippen LogP contribution in [0.1, 0.15) is 28.5 Å². The number of fused-ring (bicyclic) bond motifs is 1. The molecular formula is C24H23N5O2. The highest BCUT2D eigenvalue weighted by Crippen LogP contribution is 2.23. The lowest BCUT2D eigenvalue weighted by atomic mass is 10.1. The predicted molar refractivity (Wildman–Crippen MR) is 123 cm³/mol. The Balaban J connectivity index is 1.53. The van der Waals surface area contributed by atoms with Gasteiger partial charge in [0.15, 0.2) is 0 Å². The number of benzene rings is 3. The van der Waals surface area contributed by atoms with Crippen molar-refractivity contribution >= 4 is 39.8 Å². The van der Waals surface area contributed by atoms with Crippen molar-refractivity contribution in [3.63, 3.8) is 0 Å². The van der Waals surface area contributed by atoms with Gasteiger partial charge in [0, 0.05) is 23.6 Å². The summed E-state index contributed by atoms with van der Waals surface area (Å²) in [6.07, 6.45) is 0. The van der Waals surface area contributed by atoms with Crippen LogP contribution in [0.3, 0.4) is 0 Å². The molecule has 0 fully saturated rings. The molecule has 1 heterocycles. The van der Waals surface area contributed by atoms with Crippen LogP contribution in [0.4, 0.5) is 17.1 Å². The molecule has 0 unspecified atom stereocenters. The molecule has 3 aromatic carbocycles. The highest BCUT2D eigenvalue weighted by molar-refractivity contribution is 6.05. The minimum atomic E-state index is -0.218. The lowest BCUT2D eigenvalue weighted by Crippen LogP contribution is -2.13. The molecule has 0 bridgehead atoms. The summed E-state index contributed by atoms with van der Waals surface area (Å²) in [5.74, 6) is -0.335. The highest BCUT2D eigenvalue weighted by Gasteiger charge is 2.11. The molecule has 2 amide bonds. The van der Waals surface area contributed by atoms with E-state index >= 15 is 0 Å². The van der Waals surface area contributed by atoms with Crippen LogP contribution in [0.2, 0.25) is 0 Å². The third-order valence-corrected chi connectivity index (χ3v) is 5.01. The number of carbonyl (C=O) groups is 2. The second-order valence-electron chi connectivity index (χ2n) is 7.39. The maximum atomic E-state index is 12.5. The van der Waals surface area contributed by atoms with Crippen LogP contribution < -0.4 is 16.4 Å². The molecule has 0 saturated heterocycles. The van der Waals surface area contributed by atoms with Crippen molar-refractivity contribution in [1.82, 2.24) is 9.78 Å². The Hall–Kier alpha value is -4.13. The number of nitrogens with two attached hydrogens (primary N) is 1. The Morgan fingerprint density at radius 1 is 1.00 bits per heavy atom. The van der Waals surface area contributed by atoms with Crippen LogP contribution in [-0.2, 0) is 11.3 Å². The number of hydrogen-bond donors (Lipinski definition) is 3.